The Balaban J connectivity index is 2.45. The molecule has 9 heteroatoms. The van der Waals surface area contributed by atoms with E-state index in [-0.39, 0.29) is 5.30 Å². The number of ether oxygens (including phenoxy) is 1. The third kappa shape index (κ3) is 5.52. The van der Waals surface area contributed by atoms with Crippen LogP contribution in [0.4, 0.5) is 0 Å². The molecular weight excluding hydrogens is 315 g/mol. The quantitative estimate of drug-likeness (QED) is 0.397. The lowest BCUT2D eigenvalue weighted by atomic mass is 10.3. The summed E-state index contributed by atoms with van der Waals surface area (Å²) in [5.41, 5.74) is 0. The van der Waals surface area contributed by atoms with Gasteiger partial charge >= 0.3 is 16.4 Å². The van der Waals surface area contributed by atoms with Crippen LogP contribution in [0.1, 0.15) is 6.42 Å². The summed E-state index contributed by atoms with van der Waals surface area (Å²) < 4.78 is 32.4. The Hall–Kier alpha value is -0.733. The lowest BCUT2D eigenvalue weighted by Crippen LogP contribution is -2.42. The van der Waals surface area contributed by atoms with Crippen LogP contribution in [0.15, 0.2) is 24.3 Å². The number of hydrogen-bond donors (Lipinski definition) is 2. The van der Waals surface area contributed by atoms with Crippen LogP contribution in [0.5, 0.6) is 5.75 Å². The van der Waals surface area contributed by atoms with Gasteiger partial charge in [0.25, 0.3) is 0 Å². The molecule has 120 valence electrons. The standard InChI is InChI=1S/C12H21O7PSi/c1-16-21(17-2,18-3)10-4-9-19-11-5-7-12(8-6-11)20(13,14)15/h5-8H,4,9-10H2,1-3H3,(H2,13,14,15). The molecule has 1 aromatic rings. The van der Waals surface area contributed by atoms with E-state index >= 15 is 0 Å². The smallest absolute Gasteiger partial charge is 0.494 e. The fraction of sp³-hybridized carbons (Fsp3) is 0.500. The molecule has 0 aliphatic carbocycles. The number of rotatable bonds is 9. The molecule has 1 rings (SSSR count). The molecular formula is C12H21O7PSi. The zero-order chi connectivity index (χ0) is 15.9. The highest BCUT2D eigenvalue weighted by Crippen LogP contribution is 2.33. The third-order valence-corrected chi connectivity index (χ3v) is 6.80. The van der Waals surface area contributed by atoms with Crippen molar-refractivity contribution in [1.82, 2.24) is 0 Å². The highest BCUT2D eigenvalue weighted by Gasteiger charge is 2.36. The average molecular weight is 336 g/mol. The second kappa shape index (κ2) is 8.05. The summed E-state index contributed by atoms with van der Waals surface area (Å²) in [7, 11) is -2.11. The van der Waals surface area contributed by atoms with E-state index in [4.69, 9.17) is 27.8 Å². The van der Waals surface area contributed by atoms with Gasteiger partial charge in [0.2, 0.25) is 0 Å². The molecule has 0 aliphatic rings. The van der Waals surface area contributed by atoms with Crippen LogP contribution in [0, 0.1) is 0 Å². The van der Waals surface area contributed by atoms with E-state index in [0.717, 1.165) is 0 Å². The molecule has 0 aromatic heterocycles. The molecule has 0 amide bonds. The van der Waals surface area contributed by atoms with Gasteiger partial charge in [-0.3, -0.25) is 4.57 Å². The van der Waals surface area contributed by atoms with Crippen LogP contribution in [0.2, 0.25) is 6.04 Å². The molecule has 0 bridgehead atoms. The monoisotopic (exact) mass is 336 g/mol. The highest BCUT2D eigenvalue weighted by atomic mass is 31.2. The molecule has 0 heterocycles. The largest absolute Gasteiger partial charge is 0.500 e. The Morgan fingerprint density at radius 2 is 1.57 bits per heavy atom. The Morgan fingerprint density at radius 3 is 2.00 bits per heavy atom. The van der Waals surface area contributed by atoms with E-state index in [2.05, 4.69) is 0 Å². The topological polar surface area (TPSA) is 94.5 Å². The molecule has 0 saturated carbocycles. The summed E-state index contributed by atoms with van der Waals surface area (Å²) in [5, 5.41) is -0.0283. The van der Waals surface area contributed by atoms with Crippen LogP contribution in [-0.4, -0.2) is 46.5 Å². The summed E-state index contributed by atoms with van der Waals surface area (Å²) in [4.78, 5) is 18.0. The van der Waals surface area contributed by atoms with E-state index in [0.29, 0.717) is 24.8 Å². The Kier molecular flexibility index (Phi) is 7.02. The maximum atomic E-state index is 11.0. The Bertz CT molecular complexity index is 461. The van der Waals surface area contributed by atoms with Crippen LogP contribution in [0.3, 0.4) is 0 Å². The number of benzene rings is 1. The molecule has 1 aromatic carbocycles. The summed E-state index contributed by atoms with van der Waals surface area (Å²) in [6.45, 7) is 0.431. The van der Waals surface area contributed by atoms with E-state index in [1.165, 1.54) is 24.3 Å². The van der Waals surface area contributed by atoms with Gasteiger partial charge < -0.3 is 27.8 Å². The van der Waals surface area contributed by atoms with Crippen LogP contribution in [-0.2, 0) is 17.8 Å². The molecule has 0 aliphatic heterocycles. The van der Waals surface area contributed by atoms with Gasteiger partial charge in [0, 0.05) is 27.4 Å². The van der Waals surface area contributed by atoms with Gasteiger partial charge in [-0.05, 0) is 30.7 Å². The van der Waals surface area contributed by atoms with Crippen molar-refractivity contribution in [3.05, 3.63) is 24.3 Å². The first kappa shape index (κ1) is 18.3. The summed E-state index contributed by atoms with van der Waals surface area (Å²) in [5.74, 6) is 0.548. The Labute approximate surface area is 125 Å². The molecule has 0 unspecified atom stereocenters. The van der Waals surface area contributed by atoms with Crippen LogP contribution in [0.25, 0.3) is 0 Å². The maximum Gasteiger partial charge on any atom is 0.500 e. The van der Waals surface area contributed by atoms with Gasteiger partial charge in [-0.2, -0.15) is 0 Å². The van der Waals surface area contributed by atoms with Crippen molar-refractivity contribution < 1.29 is 32.4 Å². The van der Waals surface area contributed by atoms with Gasteiger partial charge in [0.15, 0.2) is 0 Å². The summed E-state index contributed by atoms with van der Waals surface area (Å²) >= 11 is 0. The van der Waals surface area contributed by atoms with Crippen molar-refractivity contribution in [1.29, 1.82) is 0 Å². The lowest BCUT2D eigenvalue weighted by molar-refractivity contribution is 0.121. The van der Waals surface area contributed by atoms with Crippen molar-refractivity contribution in [2.24, 2.45) is 0 Å². The van der Waals surface area contributed by atoms with Crippen molar-refractivity contribution >= 4 is 21.7 Å². The first-order valence-electron chi connectivity index (χ1n) is 6.31. The molecule has 7 nitrogen and oxygen atoms in total. The first-order valence-corrected chi connectivity index (χ1v) is 9.86. The fourth-order valence-electron chi connectivity index (χ4n) is 1.77. The molecule has 21 heavy (non-hydrogen) atoms. The van der Waals surface area contributed by atoms with Gasteiger partial charge in [-0.25, -0.2) is 0 Å². The molecule has 0 atom stereocenters. The molecule has 2 N–H and O–H groups in total. The van der Waals surface area contributed by atoms with Crippen molar-refractivity contribution in [2.75, 3.05) is 27.9 Å². The highest BCUT2D eigenvalue weighted by molar-refractivity contribution is 7.60. The third-order valence-electron chi connectivity index (χ3n) is 3.00. The molecule has 0 spiro atoms. The van der Waals surface area contributed by atoms with Gasteiger partial charge in [0.1, 0.15) is 5.75 Å². The van der Waals surface area contributed by atoms with Crippen LogP contribution >= 0.6 is 7.60 Å². The van der Waals surface area contributed by atoms with Gasteiger partial charge in [-0.1, -0.05) is 0 Å². The normalized spacial score (nSPS) is 12.4. The minimum Gasteiger partial charge on any atom is -0.494 e. The summed E-state index contributed by atoms with van der Waals surface area (Å²) in [6, 6.07) is 6.39. The zero-order valence-corrected chi connectivity index (χ0v) is 14.2. The summed E-state index contributed by atoms with van der Waals surface area (Å²) in [6.07, 6.45) is 0.683. The van der Waals surface area contributed by atoms with Gasteiger partial charge in [-0.15, -0.1) is 0 Å². The lowest BCUT2D eigenvalue weighted by Gasteiger charge is -2.24. The molecule has 0 radical (unpaired) electrons. The maximum absolute atomic E-state index is 11.0. The van der Waals surface area contributed by atoms with E-state index in [1.54, 1.807) is 21.3 Å². The second-order valence-electron chi connectivity index (χ2n) is 4.29. The molecule has 0 saturated heterocycles. The first-order chi connectivity index (χ1) is 9.87. The van der Waals surface area contributed by atoms with E-state index in [9.17, 15) is 4.57 Å². The fourth-order valence-corrected chi connectivity index (χ4v) is 4.00. The van der Waals surface area contributed by atoms with Crippen LogP contribution < -0.4 is 10.0 Å². The van der Waals surface area contributed by atoms with Crippen molar-refractivity contribution in [2.45, 2.75) is 12.5 Å². The second-order valence-corrected chi connectivity index (χ2v) is 8.98. The predicted molar refractivity (Wildman–Crippen MR) is 79.8 cm³/mol. The zero-order valence-electron chi connectivity index (χ0n) is 12.3. The molecule has 0 fully saturated rings. The minimum atomic E-state index is -4.20. The minimum absolute atomic E-state index is 0.0283. The average Bonchev–Trinajstić information content (AvgIpc) is 2.48. The van der Waals surface area contributed by atoms with E-state index < -0.39 is 16.4 Å². The number of hydrogen-bond acceptors (Lipinski definition) is 5. The SMILES string of the molecule is CO[Si](CCCOc1ccc(P(=O)(O)O)cc1)(OC)OC. The Morgan fingerprint density at radius 1 is 1.05 bits per heavy atom. The predicted octanol–water partition coefficient (Wildman–Crippen LogP) is 1.14. The van der Waals surface area contributed by atoms with E-state index in [1.807, 2.05) is 0 Å². The van der Waals surface area contributed by atoms with Gasteiger partial charge in [0.05, 0.1) is 11.9 Å². The van der Waals surface area contributed by atoms with Crippen molar-refractivity contribution in [3.8, 4) is 5.75 Å². The van der Waals surface area contributed by atoms with Crippen molar-refractivity contribution in [3.63, 3.8) is 0 Å².